The average Bonchev–Trinajstić information content (AvgIpc) is 3.51. The van der Waals surface area contributed by atoms with Crippen molar-refractivity contribution in [1.82, 2.24) is 18.4 Å². The number of hydrogen-bond donors (Lipinski definition) is 3. The van der Waals surface area contributed by atoms with Gasteiger partial charge in [0.1, 0.15) is 5.52 Å². The molecule has 7 rings (SSSR count). The summed E-state index contributed by atoms with van der Waals surface area (Å²) in [7, 11) is 3.68. The Morgan fingerprint density at radius 2 is 1.32 bits per heavy atom. The van der Waals surface area contributed by atoms with Crippen LogP contribution in [0.5, 0.6) is 0 Å². The molecule has 0 aliphatic carbocycles. The van der Waals surface area contributed by atoms with Crippen molar-refractivity contribution in [1.29, 1.82) is 0 Å². The molecule has 0 amide bonds. The van der Waals surface area contributed by atoms with Crippen LogP contribution in [0, 0.1) is 0 Å². The lowest BCUT2D eigenvalue weighted by Crippen LogP contribution is -2.40. The summed E-state index contributed by atoms with van der Waals surface area (Å²) in [4.78, 5) is 40.0. The Labute approximate surface area is 211 Å². The van der Waals surface area contributed by atoms with Gasteiger partial charge in [0.15, 0.2) is 27.6 Å². The van der Waals surface area contributed by atoms with Crippen LogP contribution in [0.15, 0.2) is 54.6 Å². The molecule has 0 radical (unpaired) electrons. The number of carboxylic acids is 3. The predicted octanol–water partition coefficient (Wildman–Crippen LogP) is 2.04. The Morgan fingerprint density at radius 1 is 0.737 bits per heavy atom. The van der Waals surface area contributed by atoms with E-state index in [1.807, 2.05) is 36.4 Å². The van der Waals surface area contributed by atoms with Crippen molar-refractivity contribution in [3.8, 4) is 0 Å². The molecule has 0 spiro atoms. The van der Waals surface area contributed by atoms with Gasteiger partial charge in [0.05, 0.1) is 30.8 Å². The van der Waals surface area contributed by atoms with E-state index >= 15 is 0 Å². The number of aromatic nitrogens is 6. The molecule has 0 bridgehead atoms. The number of imidazole rings is 3. The number of aryl methyl sites for hydroxylation is 2. The molecule has 0 saturated heterocycles. The van der Waals surface area contributed by atoms with Gasteiger partial charge in [-0.15, -0.1) is 13.2 Å². The molecular formula is C26H18N6O6+2. The maximum atomic E-state index is 11.8. The van der Waals surface area contributed by atoms with Gasteiger partial charge < -0.3 is 15.3 Å². The SMILES string of the molecule is Cn1c2cc(C(=O)O)ccc2[n+]2c1n1c3ccc(C(=O)O)cc3nc1n1c3cc(C(=O)O)ccc3[n+](C)c12. The van der Waals surface area contributed by atoms with Gasteiger partial charge in [-0.2, -0.15) is 4.98 Å². The number of aromatic carboxylic acids is 3. The van der Waals surface area contributed by atoms with Gasteiger partial charge in [0.2, 0.25) is 0 Å². The Kier molecular flexibility index (Phi) is 4.02. The molecule has 4 aromatic heterocycles. The van der Waals surface area contributed by atoms with E-state index in [9.17, 15) is 29.7 Å². The van der Waals surface area contributed by atoms with Gasteiger partial charge in [0.25, 0.3) is 0 Å². The van der Waals surface area contributed by atoms with Crippen LogP contribution in [-0.4, -0.2) is 51.6 Å². The molecule has 186 valence electrons. The zero-order valence-corrected chi connectivity index (χ0v) is 19.9. The summed E-state index contributed by atoms with van der Waals surface area (Å²) in [6, 6.07) is 14.4. The molecule has 0 unspecified atom stereocenters. The number of hydrogen-bond acceptors (Lipinski definition) is 4. The minimum absolute atomic E-state index is 0.0836. The second-order valence-corrected chi connectivity index (χ2v) is 9.16. The highest BCUT2D eigenvalue weighted by atomic mass is 16.4. The summed E-state index contributed by atoms with van der Waals surface area (Å²) < 4.78 is 9.43. The lowest BCUT2D eigenvalue weighted by molar-refractivity contribution is -0.678. The second kappa shape index (κ2) is 7.03. The Morgan fingerprint density at radius 3 is 1.97 bits per heavy atom. The molecule has 3 aromatic carbocycles. The number of nitrogens with zero attached hydrogens (tertiary/aromatic N) is 6. The van der Waals surface area contributed by atoms with Crippen molar-refractivity contribution in [3.05, 3.63) is 71.3 Å². The zero-order valence-electron chi connectivity index (χ0n) is 19.9. The summed E-state index contributed by atoms with van der Waals surface area (Å²) in [6.45, 7) is 0. The fraction of sp³-hybridized carbons (Fsp3) is 0.0769. The van der Waals surface area contributed by atoms with Crippen LogP contribution in [0.1, 0.15) is 31.1 Å². The maximum Gasteiger partial charge on any atom is 0.419 e. The second-order valence-electron chi connectivity index (χ2n) is 9.16. The number of carboxylic acid groups (broad SMARTS) is 3. The largest absolute Gasteiger partial charge is 0.478 e. The molecule has 38 heavy (non-hydrogen) atoms. The van der Waals surface area contributed by atoms with E-state index in [4.69, 9.17) is 4.98 Å². The normalized spacial score (nSPS) is 12.1. The fourth-order valence-corrected chi connectivity index (χ4v) is 5.41. The Hall–Kier alpha value is -5.52. The molecule has 3 N–H and O–H groups in total. The van der Waals surface area contributed by atoms with E-state index in [0.29, 0.717) is 39.4 Å². The number of rotatable bonds is 3. The van der Waals surface area contributed by atoms with E-state index in [1.165, 1.54) is 24.3 Å². The van der Waals surface area contributed by atoms with Gasteiger partial charge in [-0.1, -0.05) is 0 Å². The highest BCUT2D eigenvalue weighted by Gasteiger charge is 2.35. The molecule has 0 saturated carbocycles. The third-order valence-corrected chi connectivity index (χ3v) is 7.13. The van der Waals surface area contributed by atoms with Crippen molar-refractivity contribution >= 4 is 68.3 Å². The van der Waals surface area contributed by atoms with Crippen LogP contribution >= 0.6 is 0 Å². The van der Waals surface area contributed by atoms with E-state index in [-0.39, 0.29) is 16.7 Å². The van der Waals surface area contributed by atoms with Crippen LogP contribution in [0.3, 0.4) is 0 Å². The van der Waals surface area contributed by atoms with Crippen LogP contribution in [0.25, 0.3) is 50.4 Å². The van der Waals surface area contributed by atoms with Crippen LogP contribution in [-0.2, 0) is 14.1 Å². The molecule has 0 fully saturated rings. The quantitative estimate of drug-likeness (QED) is 0.308. The first kappa shape index (κ1) is 21.7. The molecular weight excluding hydrogens is 492 g/mol. The summed E-state index contributed by atoms with van der Waals surface area (Å²) in [5.74, 6) is -1.47. The van der Waals surface area contributed by atoms with Crippen LogP contribution in [0.2, 0.25) is 0 Å². The van der Waals surface area contributed by atoms with Crippen molar-refractivity contribution in [2.45, 2.75) is 0 Å². The van der Waals surface area contributed by atoms with Gasteiger partial charge in [0, 0.05) is 0 Å². The van der Waals surface area contributed by atoms with Crippen LogP contribution < -0.4 is 8.97 Å². The Balaban J connectivity index is 1.83. The van der Waals surface area contributed by atoms with E-state index < -0.39 is 17.9 Å². The summed E-state index contributed by atoms with van der Waals surface area (Å²) >= 11 is 0. The molecule has 4 heterocycles. The predicted molar refractivity (Wildman–Crippen MR) is 133 cm³/mol. The van der Waals surface area contributed by atoms with E-state index in [0.717, 1.165) is 11.0 Å². The summed E-state index contributed by atoms with van der Waals surface area (Å²) in [5, 5.41) is 28.8. The average molecular weight is 510 g/mol. The molecule has 0 aliphatic rings. The minimum Gasteiger partial charge on any atom is -0.478 e. The molecule has 7 aromatic rings. The Bertz CT molecular complexity index is 2250. The maximum absolute atomic E-state index is 11.8. The van der Waals surface area contributed by atoms with Crippen molar-refractivity contribution in [2.24, 2.45) is 14.1 Å². The standard InChI is InChI=1S/C26H16N6O6/c1-28-17-7-4-14(23(37)38)11-20(17)31-24-27-15-9-12(21(33)34)3-6-16(15)30(24)26-29(2)19-10-13(22(35)36)5-8-18(19)32(26)25(28)31/h3-11H,1-2H3,(H-2,33,34,35,36,37,38)/p+2. The van der Waals surface area contributed by atoms with E-state index in [2.05, 4.69) is 0 Å². The minimum atomic E-state index is -1.08. The zero-order chi connectivity index (χ0) is 26.6. The van der Waals surface area contributed by atoms with Crippen molar-refractivity contribution < 1.29 is 38.7 Å². The summed E-state index contributed by atoms with van der Waals surface area (Å²) in [5.41, 5.74) is 4.11. The van der Waals surface area contributed by atoms with Crippen molar-refractivity contribution in [2.75, 3.05) is 0 Å². The lowest BCUT2D eigenvalue weighted by Gasteiger charge is -1.96. The fourth-order valence-electron chi connectivity index (χ4n) is 5.41. The highest BCUT2D eigenvalue weighted by molar-refractivity contribution is 5.96. The first-order valence-corrected chi connectivity index (χ1v) is 11.5. The smallest absolute Gasteiger partial charge is 0.419 e. The molecule has 0 atom stereocenters. The molecule has 0 aliphatic heterocycles. The first-order valence-electron chi connectivity index (χ1n) is 11.5. The van der Waals surface area contributed by atoms with Gasteiger partial charge in [-0.3, -0.25) is 0 Å². The topological polar surface area (TPSA) is 147 Å². The number of carbonyl (C=O) groups is 3. The van der Waals surface area contributed by atoms with Gasteiger partial charge in [-0.25, -0.2) is 23.5 Å². The molecule has 12 heteroatoms. The molecule has 12 nitrogen and oxygen atoms in total. The highest BCUT2D eigenvalue weighted by Crippen LogP contribution is 2.27. The van der Waals surface area contributed by atoms with Gasteiger partial charge in [-0.05, 0) is 54.6 Å². The van der Waals surface area contributed by atoms with Crippen LogP contribution in [0.4, 0.5) is 0 Å². The third-order valence-electron chi connectivity index (χ3n) is 7.13. The number of benzene rings is 3. The number of fused-ring (bicyclic) bond motifs is 12. The monoisotopic (exact) mass is 510 g/mol. The lowest BCUT2D eigenvalue weighted by atomic mass is 10.2. The first-order chi connectivity index (χ1) is 18.2. The third kappa shape index (κ3) is 2.57. The van der Waals surface area contributed by atoms with E-state index in [1.54, 1.807) is 30.3 Å². The van der Waals surface area contributed by atoms with Gasteiger partial charge >= 0.3 is 35.2 Å². The summed E-state index contributed by atoms with van der Waals surface area (Å²) in [6.07, 6.45) is 0. The van der Waals surface area contributed by atoms with Crippen molar-refractivity contribution in [3.63, 3.8) is 0 Å².